The second-order valence-electron chi connectivity index (χ2n) is 8.48. The van der Waals surface area contributed by atoms with E-state index in [0.29, 0.717) is 28.2 Å². The Morgan fingerprint density at radius 3 is 2.28 bits per heavy atom. The number of amides is 4. The number of nitrogens with one attached hydrogen (secondary N) is 2. The predicted octanol–water partition coefficient (Wildman–Crippen LogP) is 3.64. The summed E-state index contributed by atoms with van der Waals surface area (Å²) in [6.07, 6.45) is 3.75. The number of rotatable bonds is 6. The monoisotopic (exact) mass is 453 g/mol. The molecule has 4 amide bonds. The zero-order valence-corrected chi connectivity index (χ0v) is 19.3. The minimum absolute atomic E-state index is 0.205. The number of thiophene rings is 1. The summed E-state index contributed by atoms with van der Waals surface area (Å²) in [5, 5.41) is 6.24. The number of hydrogen-bond donors (Lipinski definition) is 2. The van der Waals surface area contributed by atoms with Gasteiger partial charge in [-0.05, 0) is 56.2 Å². The zero-order valence-electron chi connectivity index (χ0n) is 18.5. The quantitative estimate of drug-likeness (QED) is 0.653. The number of fused-ring (bicyclic) bond motifs is 2. The van der Waals surface area contributed by atoms with Crippen molar-refractivity contribution in [2.45, 2.75) is 52.5 Å². The Bertz CT molecular complexity index is 1070. The minimum Gasteiger partial charge on any atom is -0.352 e. The summed E-state index contributed by atoms with van der Waals surface area (Å²) in [7, 11) is 0. The van der Waals surface area contributed by atoms with E-state index < -0.39 is 23.8 Å². The van der Waals surface area contributed by atoms with Gasteiger partial charge in [0, 0.05) is 11.4 Å². The average Bonchev–Trinajstić information content (AvgIpc) is 3.24. The molecule has 2 aromatic rings. The molecule has 1 aromatic carbocycles. The van der Waals surface area contributed by atoms with Crippen LogP contribution in [-0.4, -0.2) is 41.1 Å². The molecule has 168 valence electrons. The first-order valence-corrected chi connectivity index (χ1v) is 11.9. The Labute approximate surface area is 191 Å². The molecule has 1 unspecified atom stereocenters. The van der Waals surface area contributed by atoms with Crippen LogP contribution in [0.2, 0.25) is 0 Å². The number of hydrogen-bond acceptors (Lipinski definition) is 5. The first-order chi connectivity index (χ1) is 15.3. The minimum atomic E-state index is -0.983. The number of anilines is 1. The molecule has 2 heterocycles. The first kappa shape index (κ1) is 22.2. The van der Waals surface area contributed by atoms with Gasteiger partial charge in [-0.15, -0.1) is 11.3 Å². The largest absolute Gasteiger partial charge is 0.352 e. The van der Waals surface area contributed by atoms with Crippen LogP contribution in [0.3, 0.4) is 0 Å². The molecule has 0 fully saturated rings. The summed E-state index contributed by atoms with van der Waals surface area (Å²) in [5.74, 6) is -1.90. The molecule has 2 aliphatic rings. The van der Waals surface area contributed by atoms with Crippen molar-refractivity contribution in [3.05, 3.63) is 51.4 Å². The van der Waals surface area contributed by atoms with E-state index in [1.807, 2.05) is 6.92 Å². The van der Waals surface area contributed by atoms with Crippen LogP contribution in [0, 0.1) is 5.92 Å². The molecule has 32 heavy (non-hydrogen) atoms. The number of carbonyl (C=O) groups is 4. The van der Waals surface area contributed by atoms with E-state index >= 15 is 0 Å². The highest BCUT2D eigenvalue weighted by atomic mass is 32.1. The van der Waals surface area contributed by atoms with E-state index in [2.05, 4.69) is 10.6 Å². The molecule has 1 aromatic heterocycles. The number of carbonyl (C=O) groups excluding carboxylic acids is 4. The van der Waals surface area contributed by atoms with Gasteiger partial charge in [0.25, 0.3) is 17.7 Å². The lowest BCUT2D eigenvalue weighted by molar-refractivity contribution is -0.121. The van der Waals surface area contributed by atoms with Gasteiger partial charge in [-0.1, -0.05) is 26.0 Å². The topological polar surface area (TPSA) is 95.6 Å². The molecular formula is C24H27N3O4S. The van der Waals surface area contributed by atoms with Gasteiger partial charge in [-0.3, -0.25) is 24.1 Å². The second kappa shape index (κ2) is 8.86. The maximum atomic E-state index is 13.4. The van der Waals surface area contributed by atoms with Crippen molar-refractivity contribution in [1.29, 1.82) is 0 Å². The highest BCUT2D eigenvalue weighted by molar-refractivity contribution is 7.17. The van der Waals surface area contributed by atoms with Crippen LogP contribution in [0.15, 0.2) is 24.3 Å². The van der Waals surface area contributed by atoms with Gasteiger partial charge in [-0.25, -0.2) is 0 Å². The van der Waals surface area contributed by atoms with Gasteiger partial charge in [0.2, 0.25) is 5.91 Å². The Morgan fingerprint density at radius 1 is 1.06 bits per heavy atom. The van der Waals surface area contributed by atoms with Gasteiger partial charge in [-0.2, -0.15) is 0 Å². The molecule has 0 bridgehead atoms. The maximum absolute atomic E-state index is 13.4. The lowest BCUT2D eigenvalue weighted by Crippen LogP contribution is -2.50. The van der Waals surface area contributed by atoms with Crippen LogP contribution in [0.4, 0.5) is 5.00 Å². The van der Waals surface area contributed by atoms with Crippen LogP contribution < -0.4 is 10.6 Å². The molecule has 1 aliphatic carbocycles. The van der Waals surface area contributed by atoms with Crippen molar-refractivity contribution in [1.82, 2.24) is 10.2 Å². The average molecular weight is 454 g/mol. The molecule has 0 radical (unpaired) electrons. The molecule has 2 N–H and O–H groups in total. The molecule has 0 saturated carbocycles. The zero-order chi connectivity index (χ0) is 23.0. The molecule has 1 aliphatic heterocycles. The molecule has 0 spiro atoms. The van der Waals surface area contributed by atoms with Crippen molar-refractivity contribution in [2.24, 2.45) is 5.92 Å². The van der Waals surface area contributed by atoms with Crippen LogP contribution in [-0.2, 0) is 17.6 Å². The Hall–Kier alpha value is -3.00. The second-order valence-corrected chi connectivity index (χ2v) is 9.58. The van der Waals surface area contributed by atoms with Gasteiger partial charge in [0.15, 0.2) is 0 Å². The van der Waals surface area contributed by atoms with Crippen molar-refractivity contribution >= 4 is 40.0 Å². The third kappa shape index (κ3) is 3.72. The molecular weight excluding hydrogens is 426 g/mol. The fourth-order valence-electron chi connectivity index (χ4n) is 4.51. The normalized spacial score (nSPS) is 16.1. The van der Waals surface area contributed by atoms with Crippen LogP contribution in [0.5, 0.6) is 0 Å². The summed E-state index contributed by atoms with van der Waals surface area (Å²) in [6, 6.07) is 5.62. The Morgan fingerprint density at radius 2 is 1.69 bits per heavy atom. The van der Waals surface area contributed by atoms with Crippen LogP contribution in [0.25, 0.3) is 0 Å². The molecule has 0 saturated heterocycles. The van der Waals surface area contributed by atoms with E-state index in [4.69, 9.17) is 0 Å². The lowest BCUT2D eigenvalue weighted by atomic mass is 9.95. The molecule has 7 nitrogen and oxygen atoms in total. The Balaban J connectivity index is 1.67. The van der Waals surface area contributed by atoms with E-state index in [9.17, 15) is 19.2 Å². The van der Waals surface area contributed by atoms with Gasteiger partial charge in [0.05, 0.1) is 16.7 Å². The Kier molecular flexibility index (Phi) is 6.15. The van der Waals surface area contributed by atoms with Gasteiger partial charge >= 0.3 is 0 Å². The van der Waals surface area contributed by atoms with Crippen LogP contribution >= 0.6 is 11.3 Å². The summed E-state index contributed by atoms with van der Waals surface area (Å²) < 4.78 is 0. The summed E-state index contributed by atoms with van der Waals surface area (Å²) in [4.78, 5) is 54.4. The number of benzene rings is 1. The summed E-state index contributed by atoms with van der Waals surface area (Å²) in [5.41, 5.74) is 2.14. The van der Waals surface area contributed by atoms with Crippen molar-refractivity contribution < 1.29 is 19.2 Å². The fourth-order valence-corrected chi connectivity index (χ4v) is 5.80. The SMILES string of the molecule is CCNC(=O)c1c(NC(=O)C(C(C)C)N2C(=O)c3ccccc3C2=O)sc2c1CCCC2. The molecule has 1 atom stereocenters. The lowest BCUT2D eigenvalue weighted by Gasteiger charge is -2.28. The van der Waals surface area contributed by atoms with E-state index in [0.717, 1.165) is 41.0 Å². The van der Waals surface area contributed by atoms with E-state index in [-0.39, 0.29) is 11.8 Å². The third-order valence-electron chi connectivity index (χ3n) is 5.98. The fraction of sp³-hybridized carbons (Fsp3) is 0.417. The third-order valence-corrected chi connectivity index (χ3v) is 7.18. The standard InChI is InChI=1S/C24H27N3O4S/c1-4-25-20(28)18-16-11-7-8-12-17(16)32-22(18)26-21(29)19(13(2)3)27-23(30)14-9-5-6-10-15(14)24(27)31/h5-6,9-10,13,19H,4,7-8,11-12H2,1-3H3,(H,25,28)(H,26,29). The van der Waals surface area contributed by atoms with Crippen molar-refractivity contribution in [3.8, 4) is 0 Å². The number of nitrogens with zero attached hydrogens (tertiary/aromatic N) is 1. The van der Waals surface area contributed by atoms with E-state index in [1.54, 1.807) is 38.1 Å². The van der Waals surface area contributed by atoms with Gasteiger partial charge < -0.3 is 10.6 Å². The highest BCUT2D eigenvalue weighted by Gasteiger charge is 2.44. The van der Waals surface area contributed by atoms with Crippen LogP contribution in [0.1, 0.15) is 75.1 Å². The first-order valence-electron chi connectivity index (χ1n) is 11.1. The van der Waals surface area contributed by atoms with Gasteiger partial charge in [0.1, 0.15) is 11.0 Å². The predicted molar refractivity (Wildman–Crippen MR) is 123 cm³/mol. The molecule has 8 heteroatoms. The smallest absolute Gasteiger partial charge is 0.262 e. The molecule has 4 rings (SSSR count). The number of imide groups is 1. The highest BCUT2D eigenvalue weighted by Crippen LogP contribution is 2.38. The number of aryl methyl sites for hydroxylation is 1. The summed E-state index contributed by atoms with van der Waals surface area (Å²) >= 11 is 1.42. The van der Waals surface area contributed by atoms with Crippen molar-refractivity contribution in [3.63, 3.8) is 0 Å². The van der Waals surface area contributed by atoms with E-state index in [1.165, 1.54) is 11.3 Å². The van der Waals surface area contributed by atoms with Crippen molar-refractivity contribution in [2.75, 3.05) is 11.9 Å². The maximum Gasteiger partial charge on any atom is 0.262 e. The summed E-state index contributed by atoms with van der Waals surface area (Å²) in [6.45, 7) is 5.95.